The number of nitrogens with zero attached hydrogens (tertiary/aromatic N) is 2. The van der Waals surface area contributed by atoms with E-state index in [9.17, 15) is 4.79 Å². The Bertz CT molecular complexity index is 292. The summed E-state index contributed by atoms with van der Waals surface area (Å²) in [5.41, 5.74) is 6.64. The highest BCUT2D eigenvalue weighted by atomic mass is 16.2. The quantitative estimate of drug-likeness (QED) is 0.391. The predicted octanol–water partition coefficient (Wildman–Crippen LogP) is -0.0549. The molecular formula is C10H20N4O. The lowest BCUT2D eigenvalue weighted by atomic mass is 10.2. The van der Waals surface area contributed by atoms with E-state index >= 15 is 0 Å². The molecule has 0 aromatic heterocycles. The average molecular weight is 212 g/mol. The lowest BCUT2D eigenvalue weighted by molar-refractivity contribution is -0.124. The minimum Gasteiger partial charge on any atom is -0.394 e. The first-order chi connectivity index (χ1) is 6.95. The van der Waals surface area contributed by atoms with Gasteiger partial charge in [-0.3, -0.25) is 9.79 Å². The zero-order valence-electron chi connectivity index (χ0n) is 10.1. The van der Waals surface area contributed by atoms with Gasteiger partial charge in [0.15, 0.2) is 0 Å². The van der Waals surface area contributed by atoms with Gasteiger partial charge in [0.05, 0.1) is 0 Å². The van der Waals surface area contributed by atoms with Gasteiger partial charge in [-0.1, -0.05) is 0 Å². The SMILES string of the molecule is CCNC(=NC)/C(C)=C(\N)C(=O)N(C)C. The second-order valence-electron chi connectivity index (χ2n) is 3.34. The molecule has 0 spiro atoms. The first-order valence-electron chi connectivity index (χ1n) is 4.84. The fourth-order valence-corrected chi connectivity index (χ4v) is 1.08. The fraction of sp³-hybridized carbons (Fsp3) is 0.600. The van der Waals surface area contributed by atoms with Crippen LogP contribution in [0.3, 0.4) is 0 Å². The van der Waals surface area contributed by atoms with Crippen LogP contribution in [-0.4, -0.2) is 44.3 Å². The highest BCUT2D eigenvalue weighted by Gasteiger charge is 2.13. The number of amides is 1. The number of nitrogens with two attached hydrogens (primary N) is 1. The summed E-state index contributed by atoms with van der Waals surface area (Å²) in [5.74, 6) is 0.455. The van der Waals surface area contributed by atoms with Crippen LogP contribution in [0.1, 0.15) is 13.8 Å². The van der Waals surface area contributed by atoms with Gasteiger partial charge in [-0.15, -0.1) is 0 Å². The van der Waals surface area contributed by atoms with Crippen molar-refractivity contribution in [2.24, 2.45) is 10.7 Å². The third-order valence-electron chi connectivity index (χ3n) is 1.96. The molecule has 0 fully saturated rings. The van der Waals surface area contributed by atoms with Gasteiger partial charge in [0.25, 0.3) is 5.91 Å². The standard InChI is InChI=1S/C10H20N4O/c1-6-13-9(12-3)7(2)8(11)10(15)14(4)5/h6,11H2,1-5H3,(H,12,13)/b8-7-. The Hall–Kier alpha value is -1.52. The van der Waals surface area contributed by atoms with Crippen LogP contribution in [-0.2, 0) is 4.79 Å². The molecule has 0 bridgehead atoms. The highest BCUT2D eigenvalue weighted by Crippen LogP contribution is 2.02. The van der Waals surface area contributed by atoms with Crippen LogP contribution >= 0.6 is 0 Å². The van der Waals surface area contributed by atoms with Crippen LogP contribution in [0.5, 0.6) is 0 Å². The topological polar surface area (TPSA) is 70.7 Å². The van der Waals surface area contributed by atoms with Crippen molar-refractivity contribution < 1.29 is 4.79 Å². The van der Waals surface area contributed by atoms with Crippen molar-refractivity contribution in [1.29, 1.82) is 0 Å². The molecule has 0 aliphatic rings. The number of nitrogens with one attached hydrogen (secondary N) is 1. The summed E-state index contributed by atoms with van der Waals surface area (Å²) in [5, 5.41) is 3.05. The number of hydrogen-bond acceptors (Lipinski definition) is 3. The van der Waals surface area contributed by atoms with Crippen molar-refractivity contribution >= 4 is 11.7 Å². The minimum absolute atomic E-state index is 0.202. The Kier molecular flexibility index (Phi) is 5.44. The molecule has 0 radical (unpaired) electrons. The molecule has 0 unspecified atom stereocenters. The monoisotopic (exact) mass is 212 g/mol. The van der Waals surface area contributed by atoms with Crippen molar-refractivity contribution in [2.45, 2.75) is 13.8 Å². The molecule has 0 aliphatic heterocycles. The predicted molar refractivity (Wildman–Crippen MR) is 62.6 cm³/mol. The highest BCUT2D eigenvalue weighted by molar-refractivity contribution is 6.05. The second-order valence-corrected chi connectivity index (χ2v) is 3.34. The van der Waals surface area contributed by atoms with E-state index in [-0.39, 0.29) is 11.6 Å². The smallest absolute Gasteiger partial charge is 0.269 e. The molecule has 0 heterocycles. The number of likely N-dealkylation sites (N-methyl/N-ethyl adjacent to an activating group) is 2. The summed E-state index contributed by atoms with van der Waals surface area (Å²) in [7, 11) is 4.99. The second kappa shape index (κ2) is 6.06. The Labute approximate surface area is 91.0 Å². The molecule has 0 aromatic carbocycles. The van der Waals surface area contributed by atoms with E-state index in [0.29, 0.717) is 11.4 Å². The molecular weight excluding hydrogens is 192 g/mol. The summed E-state index contributed by atoms with van der Waals surface area (Å²) < 4.78 is 0. The Morgan fingerprint density at radius 2 is 2.00 bits per heavy atom. The number of amidine groups is 1. The first kappa shape index (κ1) is 13.5. The van der Waals surface area contributed by atoms with E-state index in [1.165, 1.54) is 4.90 Å². The molecule has 0 rings (SSSR count). The van der Waals surface area contributed by atoms with E-state index in [1.54, 1.807) is 28.1 Å². The minimum atomic E-state index is -0.202. The lowest BCUT2D eigenvalue weighted by Gasteiger charge is -2.14. The van der Waals surface area contributed by atoms with Gasteiger partial charge in [0.2, 0.25) is 0 Å². The number of hydrogen-bond donors (Lipinski definition) is 2. The molecule has 0 saturated heterocycles. The molecule has 5 heteroatoms. The summed E-state index contributed by atoms with van der Waals surface area (Å²) in [6.45, 7) is 4.48. The van der Waals surface area contributed by atoms with Crippen molar-refractivity contribution in [2.75, 3.05) is 27.7 Å². The maximum absolute atomic E-state index is 11.6. The molecule has 3 N–H and O–H groups in total. The lowest BCUT2D eigenvalue weighted by Crippen LogP contribution is -2.32. The molecule has 0 atom stereocenters. The fourth-order valence-electron chi connectivity index (χ4n) is 1.08. The Morgan fingerprint density at radius 3 is 2.33 bits per heavy atom. The van der Waals surface area contributed by atoms with E-state index in [2.05, 4.69) is 10.3 Å². The van der Waals surface area contributed by atoms with Crippen LogP contribution < -0.4 is 11.1 Å². The summed E-state index contributed by atoms with van der Waals surface area (Å²) in [6.07, 6.45) is 0. The molecule has 0 aliphatic carbocycles. The largest absolute Gasteiger partial charge is 0.394 e. The van der Waals surface area contributed by atoms with E-state index in [1.807, 2.05) is 6.92 Å². The third-order valence-corrected chi connectivity index (χ3v) is 1.96. The van der Waals surface area contributed by atoms with Gasteiger partial charge in [-0.2, -0.15) is 0 Å². The van der Waals surface area contributed by atoms with Crippen LogP contribution in [0, 0.1) is 0 Å². The van der Waals surface area contributed by atoms with Crippen molar-refractivity contribution in [1.82, 2.24) is 10.2 Å². The van der Waals surface area contributed by atoms with Gasteiger partial charge in [0, 0.05) is 33.3 Å². The van der Waals surface area contributed by atoms with Crippen molar-refractivity contribution in [3.8, 4) is 0 Å². The number of rotatable bonds is 3. The van der Waals surface area contributed by atoms with Crippen LogP contribution in [0.4, 0.5) is 0 Å². The summed E-state index contributed by atoms with van der Waals surface area (Å²) in [4.78, 5) is 17.0. The number of aliphatic imine (C=N–C) groups is 1. The van der Waals surface area contributed by atoms with E-state index in [4.69, 9.17) is 5.73 Å². The van der Waals surface area contributed by atoms with Gasteiger partial charge in [0.1, 0.15) is 11.5 Å². The first-order valence-corrected chi connectivity index (χ1v) is 4.84. The summed E-state index contributed by atoms with van der Waals surface area (Å²) >= 11 is 0. The van der Waals surface area contributed by atoms with E-state index < -0.39 is 0 Å². The van der Waals surface area contributed by atoms with Crippen LogP contribution in [0.15, 0.2) is 16.3 Å². The average Bonchev–Trinajstić information content (AvgIpc) is 2.22. The van der Waals surface area contributed by atoms with Gasteiger partial charge >= 0.3 is 0 Å². The molecule has 0 saturated carbocycles. The maximum atomic E-state index is 11.6. The molecule has 0 aromatic rings. The molecule has 1 amide bonds. The molecule has 5 nitrogen and oxygen atoms in total. The van der Waals surface area contributed by atoms with Crippen molar-refractivity contribution in [3.05, 3.63) is 11.3 Å². The van der Waals surface area contributed by atoms with Crippen molar-refractivity contribution in [3.63, 3.8) is 0 Å². The third kappa shape index (κ3) is 3.61. The normalized spacial score (nSPS) is 13.3. The Balaban J connectivity index is 4.99. The maximum Gasteiger partial charge on any atom is 0.269 e. The molecule has 86 valence electrons. The zero-order chi connectivity index (χ0) is 12.0. The van der Waals surface area contributed by atoms with Gasteiger partial charge in [-0.05, 0) is 13.8 Å². The number of carbonyl (C=O) groups excluding carboxylic acids is 1. The Morgan fingerprint density at radius 1 is 1.47 bits per heavy atom. The van der Waals surface area contributed by atoms with Gasteiger partial charge < -0.3 is 16.0 Å². The van der Waals surface area contributed by atoms with Gasteiger partial charge in [-0.25, -0.2) is 0 Å². The molecule has 15 heavy (non-hydrogen) atoms. The van der Waals surface area contributed by atoms with Crippen LogP contribution in [0.25, 0.3) is 0 Å². The van der Waals surface area contributed by atoms with E-state index in [0.717, 1.165) is 6.54 Å². The zero-order valence-corrected chi connectivity index (χ0v) is 10.1. The number of carbonyl (C=O) groups is 1. The summed E-state index contributed by atoms with van der Waals surface area (Å²) in [6, 6.07) is 0. The van der Waals surface area contributed by atoms with Crippen LogP contribution in [0.2, 0.25) is 0 Å².